The fraction of sp³-hybridized carbons (Fsp3) is 0.385. The second-order valence-electron chi connectivity index (χ2n) is 3.77. The fourth-order valence-corrected chi connectivity index (χ4v) is 2.02. The first-order valence-corrected chi connectivity index (χ1v) is 7.11. The van der Waals surface area contributed by atoms with Crippen LogP contribution in [0.3, 0.4) is 0 Å². The number of carbonyl (C=O) groups is 2. The lowest BCUT2D eigenvalue weighted by atomic mass is 10.2. The van der Waals surface area contributed by atoms with Crippen LogP contribution in [0.1, 0.15) is 30.1 Å². The zero-order valence-electron chi connectivity index (χ0n) is 10.5. The van der Waals surface area contributed by atoms with Gasteiger partial charge in [0.1, 0.15) is 0 Å². The summed E-state index contributed by atoms with van der Waals surface area (Å²) in [5, 5.41) is 3.09. The van der Waals surface area contributed by atoms with Crippen molar-refractivity contribution in [3.63, 3.8) is 0 Å². The molecule has 0 aliphatic heterocycles. The molecule has 0 radical (unpaired) electrons. The predicted molar refractivity (Wildman–Crippen MR) is 77.4 cm³/mol. The Bertz CT molecular complexity index is 465. The molecule has 0 atom stereocenters. The van der Waals surface area contributed by atoms with Crippen molar-refractivity contribution in [1.82, 2.24) is 5.32 Å². The van der Waals surface area contributed by atoms with E-state index in [2.05, 4.69) is 21.2 Å². The standard InChI is InChI=1S/C13H15BrClNO3/c1-2-19-11(17)7-4-8-16-13(18)9-5-3-6-10(14)12(9)15/h3,5-6H,2,4,7-8H2,1H3,(H,16,18). The summed E-state index contributed by atoms with van der Waals surface area (Å²) in [4.78, 5) is 22.9. The number of esters is 1. The molecule has 19 heavy (non-hydrogen) atoms. The SMILES string of the molecule is CCOC(=O)CCCNC(=O)c1cccc(Br)c1Cl. The molecule has 0 unspecified atom stereocenters. The highest BCUT2D eigenvalue weighted by Gasteiger charge is 2.11. The van der Waals surface area contributed by atoms with Gasteiger partial charge in [0.2, 0.25) is 0 Å². The third-order valence-corrected chi connectivity index (χ3v) is 3.64. The van der Waals surface area contributed by atoms with Crippen molar-refractivity contribution in [1.29, 1.82) is 0 Å². The number of carbonyl (C=O) groups excluding carboxylic acids is 2. The van der Waals surface area contributed by atoms with E-state index in [4.69, 9.17) is 16.3 Å². The van der Waals surface area contributed by atoms with Crippen molar-refractivity contribution in [2.24, 2.45) is 0 Å². The van der Waals surface area contributed by atoms with Crippen LogP contribution in [0, 0.1) is 0 Å². The Morgan fingerprint density at radius 3 is 2.84 bits per heavy atom. The molecular weight excluding hydrogens is 334 g/mol. The van der Waals surface area contributed by atoms with E-state index in [-0.39, 0.29) is 11.9 Å². The van der Waals surface area contributed by atoms with E-state index in [0.717, 1.165) is 0 Å². The lowest BCUT2D eigenvalue weighted by Gasteiger charge is -2.07. The monoisotopic (exact) mass is 347 g/mol. The Kier molecular flexibility index (Phi) is 6.87. The molecule has 0 aromatic heterocycles. The maximum atomic E-state index is 11.9. The van der Waals surface area contributed by atoms with Gasteiger partial charge in [-0.05, 0) is 41.4 Å². The highest BCUT2D eigenvalue weighted by molar-refractivity contribution is 9.10. The molecule has 1 aromatic rings. The van der Waals surface area contributed by atoms with Crippen LogP contribution in [-0.4, -0.2) is 25.0 Å². The summed E-state index contributed by atoms with van der Waals surface area (Å²) >= 11 is 9.27. The van der Waals surface area contributed by atoms with Gasteiger partial charge in [-0.1, -0.05) is 17.7 Å². The highest BCUT2D eigenvalue weighted by atomic mass is 79.9. The van der Waals surface area contributed by atoms with Gasteiger partial charge >= 0.3 is 5.97 Å². The fourth-order valence-electron chi connectivity index (χ4n) is 1.44. The summed E-state index contributed by atoms with van der Waals surface area (Å²) in [5.41, 5.74) is 0.409. The summed E-state index contributed by atoms with van der Waals surface area (Å²) in [5.74, 6) is -0.507. The average Bonchev–Trinajstić information content (AvgIpc) is 2.38. The maximum absolute atomic E-state index is 11.9. The Balaban J connectivity index is 2.40. The Morgan fingerprint density at radius 1 is 1.42 bits per heavy atom. The lowest BCUT2D eigenvalue weighted by molar-refractivity contribution is -0.143. The molecule has 0 aliphatic carbocycles. The Morgan fingerprint density at radius 2 is 2.16 bits per heavy atom. The molecule has 1 aromatic carbocycles. The number of rotatable bonds is 6. The van der Waals surface area contributed by atoms with Crippen LogP contribution in [0.5, 0.6) is 0 Å². The predicted octanol–water partition coefficient (Wildman–Crippen LogP) is 3.18. The van der Waals surface area contributed by atoms with Gasteiger partial charge in [0.05, 0.1) is 17.2 Å². The van der Waals surface area contributed by atoms with Crippen molar-refractivity contribution in [3.8, 4) is 0 Å². The molecule has 1 rings (SSSR count). The van der Waals surface area contributed by atoms with Crippen molar-refractivity contribution in [2.45, 2.75) is 19.8 Å². The maximum Gasteiger partial charge on any atom is 0.305 e. The molecular formula is C13H15BrClNO3. The molecule has 0 fully saturated rings. The van der Waals surface area contributed by atoms with Gasteiger partial charge in [-0.15, -0.1) is 0 Å². The Hall–Kier alpha value is -1.07. The van der Waals surface area contributed by atoms with E-state index in [1.807, 2.05) is 0 Å². The number of nitrogens with one attached hydrogen (secondary N) is 1. The van der Waals surface area contributed by atoms with Crippen molar-refractivity contribution >= 4 is 39.4 Å². The zero-order valence-corrected chi connectivity index (χ0v) is 12.9. The second kappa shape index (κ2) is 8.17. The molecule has 104 valence electrons. The van der Waals surface area contributed by atoms with Crippen LogP contribution in [0.15, 0.2) is 22.7 Å². The van der Waals surface area contributed by atoms with Gasteiger partial charge in [0, 0.05) is 17.4 Å². The number of benzene rings is 1. The highest BCUT2D eigenvalue weighted by Crippen LogP contribution is 2.25. The topological polar surface area (TPSA) is 55.4 Å². The summed E-state index contributed by atoms with van der Waals surface area (Å²) in [6.45, 7) is 2.54. The normalized spacial score (nSPS) is 10.1. The van der Waals surface area contributed by atoms with Crippen molar-refractivity contribution in [3.05, 3.63) is 33.3 Å². The third kappa shape index (κ3) is 5.20. The van der Waals surface area contributed by atoms with Crippen LogP contribution in [-0.2, 0) is 9.53 Å². The van der Waals surface area contributed by atoms with E-state index < -0.39 is 0 Å². The number of hydrogen-bond donors (Lipinski definition) is 1. The molecule has 4 nitrogen and oxygen atoms in total. The van der Waals surface area contributed by atoms with Crippen molar-refractivity contribution in [2.75, 3.05) is 13.2 Å². The van der Waals surface area contributed by atoms with Crippen LogP contribution >= 0.6 is 27.5 Å². The summed E-state index contributed by atoms with van der Waals surface area (Å²) in [6.07, 6.45) is 0.830. The van der Waals surface area contributed by atoms with E-state index in [9.17, 15) is 9.59 Å². The minimum atomic E-state index is -0.254. The van der Waals surface area contributed by atoms with Gasteiger partial charge in [-0.3, -0.25) is 9.59 Å². The molecule has 6 heteroatoms. The minimum Gasteiger partial charge on any atom is -0.466 e. The largest absolute Gasteiger partial charge is 0.466 e. The third-order valence-electron chi connectivity index (χ3n) is 2.34. The summed E-state index contributed by atoms with van der Waals surface area (Å²) < 4.78 is 5.46. The van der Waals surface area contributed by atoms with Crippen LogP contribution in [0.4, 0.5) is 0 Å². The van der Waals surface area contributed by atoms with Gasteiger partial charge in [-0.2, -0.15) is 0 Å². The van der Waals surface area contributed by atoms with Crippen LogP contribution in [0.2, 0.25) is 5.02 Å². The quantitative estimate of drug-likeness (QED) is 0.634. The molecule has 0 aliphatic rings. The Labute approximate surface area is 125 Å². The van der Waals surface area contributed by atoms with Gasteiger partial charge in [0.25, 0.3) is 5.91 Å². The number of ether oxygens (including phenoxy) is 1. The van der Waals surface area contributed by atoms with Gasteiger partial charge in [-0.25, -0.2) is 0 Å². The lowest BCUT2D eigenvalue weighted by Crippen LogP contribution is -2.25. The average molecular weight is 349 g/mol. The molecule has 0 saturated carbocycles. The van der Waals surface area contributed by atoms with E-state index >= 15 is 0 Å². The molecule has 0 bridgehead atoms. The van der Waals surface area contributed by atoms with E-state index in [0.29, 0.717) is 41.1 Å². The molecule has 1 N–H and O–H groups in total. The minimum absolute atomic E-state index is 0.253. The second-order valence-corrected chi connectivity index (χ2v) is 5.00. The first-order chi connectivity index (χ1) is 9.06. The van der Waals surface area contributed by atoms with Gasteiger partial charge < -0.3 is 10.1 Å². The van der Waals surface area contributed by atoms with E-state index in [1.54, 1.807) is 25.1 Å². The number of hydrogen-bond acceptors (Lipinski definition) is 3. The first-order valence-electron chi connectivity index (χ1n) is 5.94. The molecule has 1 amide bonds. The number of amides is 1. The zero-order chi connectivity index (χ0) is 14.3. The van der Waals surface area contributed by atoms with Crippen molar-refractivity contribution < 1.29 is 14.3 Å². The molecule has 0 saturated heterocycles. The van der Waals surface area contributed by atoms with E-state index in [1.165, 1.54) is 0 Å². The van der Waals surface area contributed by atoms with Crippen LogP contribution < -0.4 is 5.32 Å². The van der Waals surface area contributed by atoms with Crippen LogP contribution in [0.25, 0.3) is 0 Å². The first kappa shape index (κ1) is 16.0. The molecule has 0 heterocycles. The van der Waals surface area contributed by atoms with Gasteiger partial charge in [0.15, 0.2) is 0 Å². The summed E-state index contributed by atoms with van der Waals surface area (Å²) in [6, 6.07) is 5.15. The smallest absolute Gasteiger partial charge is 0.305 e. The molecule has 0 spiro atoms. The summed E-state index contributed by atoms with van der Waals surface area (Å²) in [7, 11) is 0. The number of halogens is 2.